The Morgan fingerprint density at radius 2 is 2.50 bits per heavy atom. The smallest absolute Gasteiger partial charge is 0.0998 e. The minimum atomic E-state index is 0.896. The van der Waals surface area contributed by atoms with Crippen LogP contribution in [0.4, 0.5) is 0 Å². The topological polar surface area (TPSA) is 9.23 Å². The average molecular weight is 203 g/mol. The number of ether oxygens (including phenoxy) is 1. The van der Waals surface area contributed by atoms with Crippen molar-refractivity contribution in [1.82, 2.24) is 0 Å². The molecule has 0 radical (unpaired) electrons. The Hall–Kier alpha value is -0.240. The first-order chi connectivity index (χ1) is 4.88. The molecule has 0 heterocycles. The predicted molar refractivity (Wildman–Crippen MR) is 46.2 cm³/mol. The molecule has 0 aromatic carbocycles. The fraction of sp³-hybridized carbons (Fsp3) is 0.500. The van der Waals surface area contributed by atoms with Crippen molar-refractivity contribution < 1.29 is 4.74 Å². The van der Waals surface area contributed by atoms with Crippen LogP contribution in [0.5, 0.6) is 0 Å². The number of alkyl halides is 1. The van der Waals surface area contributed by atoms with Crippen LogP contribution in [-0.2, 0) is 4.74 Å². The molecule has 1 aliphatic rings. The summed E-state index contributed by atoms with van der Waals surface area (Å²) in [4.78, 5) is 0. The molecule has 2 heteroatoms. The molecule has 0 saturated heterocycles. The lowest BCUT2D eigenvalue weighted by Gasteiger charge is -2.12. The van der Waals surface area contributed by atoms with Crippen LogP contribution in [0.3, 0.4) is 0 Å². The zero-order valence-electron chi connectivity index (χ0n) is 6.06. The van der Waals surface area contributed by atoms with E-state index in [0.717, 1.165) is 23.9 Å². The molecule has 1 rings (SSSR count). The largest absolute Gasteiger partial charge is 0.501 e. The molecular weight excluding hydrogens is 192 g/mol. The van der Waals surface area contributed by atoms with Gasteiger partial charge in [-0.1, -0.05) is 28.1 Å². The quantitative estimate of drug-likeness (QED) is 0.627. The molecule has 0 saturated carbocycles. The van der Waals surface area contributed by atoms with Gasteiger partial charge in [-0.15, -0.1) is 0 Å². The molecular formula is C8H11BrO. The Morgan fingerprint density at radius 1 is 1.70 bits per heavy atom. The lowest BCUT2D eigenvalue weighted by atomic mass is 10.1. The Morgan fingerprint density at radius 3 is 3.00 bits per heavy atom. The minimum absolute atomic E-state index is 0.896. The fourth-order valence-corrected chi connectivity index (χ4v) is 1.55. The summed E-state index contributed by atoms with van der Waals surface area (Å²) in [5, 5.41) is 0.896. The van der Waals surface area contributed by atoms with Crippen LogP contribution in [0.2, 0.25) is 0 Å². The van der Waals surface area contributed by atoms with Crippen molar-refractivity contribution in [2.75, 3.05) is 12.4 Å². The van der Waals surface area contributed by atoms with Gasteiger partial charge in [0.1, 0.15) is 0 Å². The van der Waals surface area contributed by atoms with Crippen LogP contribution in [0.25, 0.3) is 0 Å². The summed E-state index contributed by atoms with van der Waals surface area (Å²) in [6, 6.07) is 0. The van der Waals surface area contributed by atoms with Crippen LogP contribution in [0.15, 0.2) is 23.5 Å². The van der Waals surface area contributed by atoms with Gasteiger partial charge < -0.3 is 4.74 Å². The van der Waals surface area contributed by atoms with Gasteiger partial charge in [-0.25, -0.2) is 0 Å². The van der Waals surface area contributed by atoms with Gasteiger partial charge in [-0.2, -0.15) is 0 Å². The summed E-state index contributed by atoms with van der Waals surface area (Å²) in [5.74, 6) is 1.12. The Bertz CT molecular complexity index is 170. The highest BCUT2D eigenvalue weighted by molar-refractivity contribution is 9.09. The second kappa shape index (κ2) is 3.81. The third-order valence-electron chi connectivity index (χ3n) is 1.61. The highest BCUT2D eigenvalue weighted by Crippen LogP contribution is 2.20. The van der Waals surface area contributed by atoms with E-state index in [4.69, 9.17) is 4.74 Å². The second-order valence-corrected chi connectivity index (χ2v) is 2.79. The molecule has 10 heavy (non-hydrogen) atoms. The van der Waals surface area contributed by atoms with Gasteiger partial charge >= 0.3 is 0 Å². The van der Waals surface area contributed by atoms with E-state index < -0.39 is 0 Å². The van der Waals surface area contributed by atoms with Gasteiger partial charge in [0.05, 0.1) is 12.9 Å². The van der Waals surface area contributed by atoms with Gasteiger partial charge in [0, 0.05) is 17.3 Å². The summed E-state index contributed by atoms with van der Waals surface area (Å²) < 4.78 is 5.19. The lowest BCUT2D eigenvalue weighted by molar-refractivity contribution is 0.273. The zero-order valence-corrected chi connectivity index (χ0v) is 7.65. The van der Waals surface area contributed by atoms with Gasteiger partial charge in [0.2, 0.25) is 0 Å². The lowest BCUT2D eigenvalue weighted by Crippen LogP contribution is -1.97. The molecule has 0 bridgehead atoms. The molecule has 56 valence electrons. The van der Waals surface area contributed by atoms with Crippen molar-refractivity contribution in [1.29, 1.82) is 0 Å². The Kier molecular flexibility index (Phi) is 3.00. The predicted octanol–water partition coefficient (Wildman–Crippen LogP) is 2.63. The molecule has 0 atom stereocenters. The maximum Gasteiger partial charge on any atom is 0.0998 e. The Balaban J connectivity index is 2.73. The van der Waals surface area contributed by atoms with Crippen LogP contribution in [0.1, 0.15) is 12.8 Å². The third-order valence-corrected chi connectivity index (χ3v) is 2.21. The van der Waals surface area contributed by atoms with Crippen molar-refractivity contribution >= 4 is 15.9 Å². The summed E-state index contributed by atoms with van der Waals surface area (Å²) in [6.07, 6.45) is 6.46. The van der Waals surface area contributed by atoms with Gasteiger partial charge in [-0.05, 0) is 6.42 Å². The zero-order chi connectivity index (χ0) is 7.40. The van der Waals surface area contributed by atoms with Crippen LogP contribution >= 0.6 is 15.9 Å². The molecule has 0 aromatic heterocycles. The number of hydrogen-bond acceptors (Lipinski definition) is 1. The number of halogens is 1. The summed E-state index contributed by atoms with van der Waals surface area (Å²) in [7, 11) is 1.73. The third kappa shape index (κ3) is 1.63. The Labute approximate surface area is 69.9 Å². The first-order valence-electron chi connectivity index (χ1n) is 3.37. The first-order valence-corrected chi connectivity index (χ1v) is 4.49. The molecule has 0 aliphatic heterocycles. The van der Waals surface area contributed by atoms with E-state index in [1.54, 1.807) is 7.11 Å². The van der Waals surface area contributed by atoms with Crippen molar-refractivity contribution in [2.45, 2.75) is 12.8 Å². The highest BCUT2D eigenvalue weighted by Gasteiger charge is 2.05. The van der Waals surface area contributed by atoms with Gasteiger partial charge in [-0.3, -0.25) is 0 Å². The van der Waals surface area contributed by atoms with Crippen LogP contribution < -0.4 is 0 Å². The van der Waals surface area contributed by atoms with Crippen molar-refractivity contribution in [3.8, 4) is 0 Å². The van der Waals surface area contributed by atoms with E-state index in [1.807, 2.05) is 0 Å². The number of allylic oxidation sites excluding steroid dienone is 4. The number of hydrogen-bond donors (Lipinski definition) is 0. The van der Waals surface area contributed by atoms with Gasteiger partial charge in [0.15, 0.2) is 0 Å². The number of rotatable bonds is 2. The monoisotopic (exact) mass is 202 g/mol. The maximum atomic E-state index is 5.19. The van der Waals surface area contributed by atoms with Gasteiger partial charge in [0.25, 0.3) is 0 Å². The van der Waals surface area contributed by atoms with Crippen molar-refractivity contribution in [3.05, 3.63) is 23.5 Å². The average Bonchev–Trinajstić information content (AvgIpc) is 2.04. The van der Waals surface area contributed by atoms with Crippen molar-refractivity contribution in [2.24, 2.45) is 0 Å². The SMILES string of the molecule is COC1=C(CBr)C=CCC1. The van der Waals surface area contributed by atoms with E-state index in [2.05, 4.69) is 28.1 Å². The van der Waals surface area contributed by atoms with E-state index >= 15 is 0 Å². The molecule has 0 aromatic rings. The fourth-order valence-electron chi connectivity index (χ4n) is 1.05. The normalized spacial score (nSPS) is 17.8. The van der Waals surface area contributed by atoms with E-state index in [-0.39, 0.29) is 0 Å². The standard InChI is InChI=1S/C8H11BrO/c1-10-8-5-3-2-4-7(8)6-9/h2,4H,3,5-6H2,1H3. The molecule has 0 fully saturated rings. The molecule has 0 unspecified atom stereocenters. The second-order valence-electron chi connectivity index (χ2n) is 2.23. The molecule has 1 nitrogen and oxygen atoms in total. The minimum Gasteiger partial charge on any atom is -0.501 e. The summed E-state index contributed by atoms with van der Waals surface area (Å²) in [6.45, 7) is 0. The van der Waals surface area contributed by atoms with Crippen LogP contribution in [0, 0.1) is 0 Å². The van der Waals surface area contributed by atoms with Crippen LogP contribution in [-0.4, -0.2) is 12.4 Å². The molecule has 0 N–H and O–H groups in total. The van der Waals surface area contributed by atoms with Crippen molar-refractivity contribution in [3.63, 3.8) is 0 Å². The maximum absolute atomic E-state index is 5.19. The van der Waals surface area contributed by atoms with E-state index in [0.29, 0.717) is 0 Å². The highest BCUT2D eigenvalue weighted by atomic mass is 79.9. The first kappa shape index (κ1) is 7.86. The summed E-state index contributed by atoms with van der Waals surface area (Å²) >= 11 is 3.40. The molecule has 0 amide bonds. The molecule has 0 spiro atoms. The summed E-state index contributed by atoms with van der Waals surface area (Å²) in [5.41, 5.74) is 1.27. The van der Waals surface area contributed by atoms with E-state index in [9.17, 15) is 0 Å². The molecule has 1 aliphatic carbocycles. The van der Waals surface area contributed by atoms with E-state index in [1.165, 1.54) is 5.57 Å². The number of methoxy groups -OCH3 is 1.